The molecule has 6 nitrogen and oxygen atoms in total. The van der Waals surface area contributed by atoms with Gasteiger partial charge >= 0.3 is 11.9 Å². The molecule has 0 unspecified atom stereocenters. The standard InChI is InChI=1S/C39H50F2O6/c1-26(22-42)38(44)46-24-36(25-47-39(45)27(2)23-43)32-16-14-31(15-17-32)34-19-18-33-20-30(12-13-35(33)21-34)11-10-29-8-6-28(7-9-29)4-3-5-37(40)41/h5,12-13,18-21,28-29,31-32,36,42-43H,1-4,6-11,14-17,22-25H2. The van der Waals surface area contributed by atoms with E-state index >= 15 is 0 Å². The Morgan fingerprint density at radius 1 is 0.787 bits per heavy atom. The van der Waals surface area contributed by atoms with Crippen molar-refractivity contribution in [3.05, 3.63) is 84.0 Å². The van der Waals surface area contributed by atoms with Crippen LogP contribution in [0.5, 0.6) is 0 Å². The van der Waals surface area contributed by atoms with E-state index in [0.29, 0.717) is 24.2 Å². The summed E-state index contributed by atoms with van der Waals surface area (Å²) in [6.45, 7) is 6.16. The summed E-state index contributed by atoms with van der Waals surface area (Å²) in [5.74, 6) is 0.330. The molecule has 2 aliphatic carbocycles. The lowest BCUT2D eigenvalue weighted by Gasteiger charge is -2.34. The van der Waals surface area contributed by atoms with Crippen LogP contribution >= 0.6 is 0 Å². The van der Waals surface area contributed by atoms with Gasteiger partial charge in [0.05, 0.1) is 37.6 Å². The van der Waals surface area contributed by atoms with Crippen molar-refractivity contribution in [3.63, 3.8) is 0 Å². The predicted molar refractivity (Wildman–Crippen MR) is 180 cm³/mol. The van der Waals surface area contributed by atoms with Gasteiger partial charge in [0.25, 0.3) is 6.08 Å². The van der Waals surface area contributed by atoms with Crippen LogP contribution < -0.4 is 0 Å². The van der Waals surface area contributed by atoms with Gasteiger partial charge in [0, 0.05) is 5.92 Å². The molecule has 2 aliphatic rings. The number of aliphatic hydroxyl groups excluding tert-OH is 2. The van der Waals surface area contributed by atoms with Crippen LogP contribution in [0.25, 0.3) is 10.8 Å². The predicted octanol–water partition coefficient (Wildman–Crippen LogP) is 8.21. The molecule has 0 saturated heterocycles. The fraction of sp³-hybridized carbons (Fsp3) is 0.538. The topological polar surface area (TPSA) is 93.1 Å². The van der Waals surface area contributed by atoms with Crippen molar-refractivity contribution in [1.82, 2.24) is 0 Å². The zero-order valence-corrected chi connectivity index (χ0v) is 27.4. The van der Waals surface area contributed by atoms with Crippen molar-refractivity contribution in [2.75, 3.05) is 26.4 Å². The zero-order chi connectivity index (χ0) is 33.8. The molecule has 8 heteroatoms. The van der Waals surface area contributed by atoms with Crippen LogP contribution in [-0.4, -0.2) is 48.6 Å². The maximum Gasteiger partial charge on any atom is 0.335 e. The van der Waals surface area contributed by atoms with E-state index in [4.69, 9.17) is 9.47 Å². The summed E-state index contributed by atoms with van der Waals surface area (Å²) >= 11 is 0. The zero-order valence-electron chi connectivity index (χ0n) is 27.4. The van der Waals surface area contributed by atoms with Crippen molar-refractivity contribution < 1.29 is 38.1 Å². The Balaban J connectivity index is 1.28. The molecule has 47 heavy (non-hydrogen) atoms. The Bertz CT molecular complexity index is 1370. The van der Waals surface area contributed by atoms with Gasteiger partial charge in [0.2, 0.25) is 0 Å². The first-order valence-corrected chi connectivity index (χ1v) is 17.1. The third kappa shape index (κ3) is 11.1. The highest BCUT2D eigenvalue weighted by Gasteiger charge is 2.31. The van der Waals surface area contributed by atoms with Gasteiger partial charge in [0.1, 0.15) is 0 Å². The van der Waals surface area contributed by atoms with E-state index in [2.05, 4.69) is 49.6 Å². The second-order valence-corrected chi connectivity index (χ2v) is 13.5. The summed E-state index contributed by atoms with van der Waals surface area (Å²) in [6, 6.07) is 13.6. The molecule has 0 heterocycles. The molecule has 0 bridgehead atoms. The van der Waals surface area contributed by atoms with Crippen molar-refractivity contribution in [2.45, 2.75) is 83.0 Å². The van der Waals surface area contributed by atoms with Crippen LogP contribution in [0.2, 0.25) is 0 Å². The smallest absolute Gasteiger partial charge is 0.335 e. The number of carbonyl (C=O) groups is 2. The third-order valence-corrected chi connectivity index (χ3v) is 10.3. The molecule has 0 atom stereocenters. The third-order valence-electron chi connectivity index (χ3n) is 10.3. The van der Waals surface area contributed by atoms with E-state index in [0.717, 1.165) is 57.4 Å². The van der Waals surface area contributed by atoms with E-state index in [1.54, 1.807) is 0 Å². The van der Waals surface area contributed by atoms with Gasteiger partial charge in [-0.1, -0.05) is 75.2 Å². The minimum atomic E-state index is -1.56. The maximum atomic E-state index is 12.3. The lowest BCUT2D eigenvalue weighted by atomic mass is 9.74. The van der Waals surface area contributed by atoms with Crippen molar-refractivity contribution >= 4 is 22.7 Å². The first kappa shape index (κ1) is 36.5. The first-order chi connectivity index (χ1) is 22.7. The highest BCUT2D eigenvalue weighted by atomic mass is 19.3. The van der Waals surface area contributed by atoms with Gasteiger partial charge in [-0.3, -0.25) is 0 Å². The lowest BCUT2D eigenvalue weighted by molar-refractivity contribution is -0.146. The van der Waals surface area contributed by atoms with Gasteiger partial charge in [-0.25, -0.2) is 9.59 Å². The number of halogens is 2. The second-order valence-electron chi connectivity index (χ2n) is 13.5. The molecule has 0 aliphatic heterocycles. The Morgan fingerprint density at radius 3 is 1.91 bits per heavy atom. The average molecular weight is 653 g/mol. The van der Waals surface area contributed by atoms with Crippen molar-refractivity contribution in [1.29, 1.82) is 0 Å². The Labute approximate surface area is 277 Å². The second kappa shape index (κ2) is 18.3. The Morgan fingerprint density at radius 2 is 1.34 bits per heavy atom. The van der Waals surface area contributed by atoms with Gasteiger partial charge in [-0.05, 0) is 103 Å². The number of ether oxygens (including phenoxy) is 2. The summed E-state index contributed by atoms with van der Waals surface area (Å²) in [4.78, 5) is 24.3. The molecule has 0 spiro atoms. The number of benzene rings is 2. The Hall–Kier alpha value is -3.36. The van der Waals surface area contributed by atoms with Crippen LogP contribution in [-0.2, 0) is 25.5 Å². The monoisotopic (exact) mass is 652 g/mol. The molecule has 0 amide bonds. The molecular formula is C39H50F2O6. The van der Waals surface area contributed by atoms with Crippen LogP contribution in [0.15, 0.2) is 72.9 Å². The molecule has 2 N–H and O–H groups in total. The van der Waals surface area contributed by atoms with E-state index < -0.39 is 31.2 Å². The molecule has 0 aromatic heterocycles. The SMILES string of the molecule is C=C(CO)C(=O)OCC(COC(=O)C(=C)CO)C1CCC(c2ccc3cc(CCC4CCC(CCC=C(F)F)CC4)ccc3c2)CC1. The number of carbonyl (C=O) groups excluding carboxylic acids is 2. The number of esters is 2. The highest BCUT2D eigenvalue weighted by Crippen LogP contribution is 2.40. The van der Waals surface area contributed by atoms with Gasteiger partial charge in [0.15, 0.2) is 0 Å². The van der Waals surface area contributed by atoms with E-state index in [1.165, 1.54) is 41.2 Å². The van der Waals surface area contributed by atoms with E-state index in [9.17, 15) is 28.6 Å². The minimum Gasteiger partial charge on any atom is -0.462 e. The van der Waals surface area contributed by atoms with E-state index in [-0.39, 0.29) is 36.2 Å². The highest BCUT2D eigenvalue weighted by molar-refractivity contribution is 5.88. The normalized spacial score (nSPS) is 21.3. The molecule has 2 aromatic carbocycles. The van der Waals surface area contributed by atoms with Crippen molar-refractivity contribution in [2.24, 2.45) is 23.7 Å². The largest absolute Gasteiger partial charge is 0.462 e. The molecule has 2 aromatic rings. The fourth-order valence-electron chi connectivity index (χ4n) is 7.27. The number of allylic oxidation sites excluding steroid dienone is 1. The number of aliphatic hydroxyl groups is 2. The average Bonchev–Trinajstić information content (AvgIpc) is 3.09. The maximum absolute atomic E-state index is 12.3. The van der Waals surface area contributed by atoms with Crippen molar-refractivity contribution in [3.8, 4) is 0 Å². The molecule has 2 fully saturated rings. The molecular weight excluding hydrogens is 602 g/mol. The van der Waals surface area contributed by atoms with Crippen LogP contribution in [0, 0.1) is 23.7 Å². The molecule has 2 saturated carbocycles. The summed E-state index contributed by atoms with van der Waals surface area (Å²) in [7, 11) is 0. The summed E-state index contributed by atoms with van der Waals surface area (Å²) in [5.41, 5.74) is 2.62. The lowest BCUT2D eigenvalue weighted by Crippen LogP contribution is -2.31. The van der Waals surface area contributed by atoms with Gasteiger partial charge < -0.3 is 19.7 Å². The van der Waals surface area contributed by atoms with Crippen LogP contribution in [0.4, 0.5) is 8.78 Å². The molecule has 4 rings (SSSR count). The van der Waals surface area contributed by atoms with Crippen LogP contribution in [0.3, 0.4) is 0 Å². The Kier molecular flexibility index (Phi) is 14.2. The summed E-state index contributed by atoms with van der Waals surface area (Å²) in [5, 5.41) is 20.9. The first-order valence-electron chi connectivity index (χ1n) is 17.1. The van der Waals surface area contributed by atoms with Crippen LogP contribution in [0.1, 0.15) is 87.7 Å². The number of hydrogen-bond acceptors (Lipinski definition) is 6. The summed E-state index contributed by atoms with van der Waals surface area (Å²) in [6.07, 6.45) is 11.5. The number of aryl methyl sites for hydroxylation is 1. The number of hydrogen-bond donors (Lipinski definition) is 2. The fourth-order valence-corrected chi connectivity index (χ4v) is 7.27. The molecule has 256 valence electrons. The number of fused-ring (bicyclic) bond motifs is 1. The quantitative estimate of drug-likeness (QED) is 0.140. The van der Waals surface area contributed by atoms with Gasteiger partial charge in [-0.15, -0.1) is 0 Å². The van der Waals surface area contributed by atoms with Gasteiger partial charge in [-0.2, -0.15) is 8.78 Å². The number of rotatable bonds is 16. The van der Waals surface area contributed by atoms with E-state index in [1.807, 2.05) is 0 Å². The summed E-state index contributed by atoms with van der Waals surface area (Å²) < 4.78 is 35.4. The minimum absolute atomic E-state index is 0.0268. The molecule has 0 radical (unpaired) electrons.